The van der Waals surface area contributed by atoms with Gasteiger partial charge in [-0.3, -0.25) is 24.0 Å². The van der Waals surface area contributed by atoms with Crippen molar-refractivity contribution in [3.63, 3.8) is 0 Å². The van der Waals surface area contributed by atoms with Crippen LogP contribution in [0.1, 0.15) is 57.1 Å². The minimum Gasteiger partial charge on any atom is -0.508 e. The van der Waals surface area contributed by atoms with Crippen LogP contribution in [0.2, 0.25) is 0 Å². The monoisotopic (exact) mass is 692 g/mol. The second-order valence-corrected chi connectivity index (χ2v) is 13.1. The second-order valence-electron chi connectivity index (χ2n) is 13.1. The molecule has 6 atom stereocenters. The first-order chi connectivity index (χ1) is 23.9. The zero-order valence-electron chi connectivity index (χ0n) is 28.5. The number of carboxylic acid groups (broad SMARTS) is 1. The van der Waals surface area contributed by atoms with Gasteiger partial charge < -0.3 is 41.7 Å². The largest absolute Gasteiger partial charge is 0.508 e. The Balaban J connectivity index is 1.43. The lowest BCUT2D eigenvalue weighted by molar-refractivity contribution is -0.144. The van der Waals surface area contributed by atoms with Crippen molar-refractivity contribution in [1.82, 2.24) is 25.8 Å². The topological polar surface area (TPSA) is 211 Å². The third-order valence-electron chi connectivity index (χ3n) is 9.50. The van der Waals surface area contributed by atoms with Gasteiger partial charge in [-0.25, -0.2) is 4.79 Å². The number of hydrogen-bond donors (Lipinski definition) is 6. The van der Waals surface area contributed by atoms with Crippen molar-refractivity contribution in [3.8, 4) is 5.75 Å². The smallest absolute Gasteiger partial charge is 0.326 e. The Morgan fingerprint density at radius 2 is 1.40 bits per heavy atom. The fourth-order valence-electron chi connectivity index (χ4n) is 6.50. The highest BCUT2D eigenvalue weighted by atomic mass is 16.4. The predicted molar refractivity (Wildman–Crippen MR) is 183 cm³/mol. The second kappa shape index (κ2) is 17.6. The van der Waals surface area contributed by atoms with E-state index in [1.807, 2.05) is 37.3 Å². The van der Waals surface area contributed by atoms with Crippen LogP contribution in [0, 0.1) is 5.92 Å². The van der Waals surface area contributed by atoms with E-state index in [2.05, 4.69) is 16.0 Å². The number of amides is 5. The summed E-state index contributed by atoms with van der Waals surface area (Å²) >= 11 is 0. The van der Waals surface area contributed by atoms with Crippen molar-refractivity contribution >= 4 is 35.5 Å². The Labute approximate surface area is 291 Å². The summed E-state index contributed by atoms with van der Waals surface area (Å²) in [5.74, 6) is -3.94. The summed E-state index contributed by atoms with van der Waals surface area (Å²) in [7, 11) is 0. The molecule has 14 heteroatoms. The van der Waals surface area contributed by atoms with Crippen molar-refractivity contribution in [3.05, 3.63) is 65.7 Å². The third-order valence-corrected chi connectivity index (χ3v) is 9.50. The molecule has 2 aromatic carbocycles. The van der Waals surface area contributed by atoms with E-state index in [1.54, 1.807) is 19.1 Å². The van der Waals surface area contributed by atoms with E-state index < -0.39 is 66.4 Å². The van der Waals surface area contributed by atoms with E-state index in [9.17, 15) is 39.0 Å². The predicted octanol–water partition coefficient (Wildman–Crippen LogP) is 0.703. The molecule has 2 aliphatic heterocycles. The van der Waals surface area contributed by atoms with Gasteiger partial charge in [0.1, 0.15) is 29.9 Å². The Morgan fingerprint density at radius 1 is 0.820 bits per heavy atom. The van der Waals surface area contributed by atoms with Gasteiger partial charge in [-0.1, -0.05) is 62.7 Å². The minimum absolute atomic E-state index is 0.0981. The highest BCUT2D eigenvalue weighted by molar-refractivity contribution is 5.96. The highest BCUT2D eigenvalue weighted by Crippen LogP contribution is 2.23. The van der Waals surface area contributed by atoms with Crippen LogP contribution >= 0.6 is 0 Å². The van der Waals surface area contributed by atoms with Crippen molar-refractivity contribution in [1.29, 1.82) is 0 Å². The van der Waals surface area contributed by atoms with Crippen molar-refractivity contribution in [2.75, 3.05) is 19.6 Å². The lowest BCUT2D eigenvalue weighted by Gasteiger charge is -2.31. The molecule has 0 bridgehead atoms. The van der Waals surface area contributed by atoms with Crippen molar-refractivity contribution < 1.29 is 39.0 Å². The number of benzene rings is 2. The molecule has 2 fully saturated rings. The molecule has 0 spiro atoms. The molecule has 7 N–H and O–H groups in total. The number of nitrogens with two attached hydrogens (primary N) is 1. The quantitative estimate of drug-likeness (QED) is 0.155. The number of aromatic hydroxyl groups is 1. The Bertz CT molecular complexity index is 1520. The first kappa shape index (κ1) is 37.8. The average Bonchev–Trinajstić information content (AvgIpc) is 3.80. The van der Waals surface area contributed by atoms with E-state index in [-0.39, 0.29) is 37.0 Å². The molecule has 2 aliphatic rings. The Hall–Kier alpha value is -4.98. The number of nitrogens with one attached hydrogen (secondary N) is 3. The zero-order valence-corrected chi connectivity index (χ0v) is 28.5. The maximum Gasteiger partial charge on any atom is 0.326 e. The molecule has 2 aromatic rings. The number of carbonyl (C=O) groups is 6. The van der Waals surface area contributed by atoms with Crippen LogP contribution < -0.4 is 21.7 Å². The molecule has 0 aliphatic carbocycles. The number of carbonyl (C=O) groups excluding carboxylic acids is 5. The lowest BCUT2D eigenvalue weighted by Crippen LogP contribution is -2.58. The molecule has 0 radical (unpaired) electrons. The summed E-state index contributed by atoms with van der Waals surface area (Å²) in [6.07, 6.45) is 2.75. The SMILES string of the molecule is CC[C@H](C)[C@H](NC(=O)CNC(=O)[C@@H]1CCCN1C(=O)[C@H](Cc1ccccc1)NC(=O)[C@@H]1CCCN1C(=O)[C@@H](N)Cc1ccc(O)cc1)C(=O)O. The normalized spacial score (nSPS) is 19.6. The van der Waals surface area contributed by atoms with E-state index in [0.717, 1.165) is 11.1 Å². The van der Waals surface area contributed by atoms with Crippen LogP contribution in [0.4, 0.5) is 0 Å². The number of nitrogens with zero attached hydrogens (tertiary/aromatic N) is 2. The summed E-state index contributed by atoms with van der Waals surface area (Å²) < 4.78 is 0. The third kappa shape index (κ3) is 9.80. The summed E-state index contributed by atoms with van der Waals surface area (Å²) in [5, 5.41) is 26.9. The van der Waals surface area contributed by atoms with Crippen LogP contribution in [0.15, 0.2) is 54.6 Å². The average molecular weight is 693 g/mol. The Kier molecular flexibility index (Phi) is 13.3. The molecule has 2 heterocycles. The lowest BCUT2D eigenvalue weighted by atomic mass is 9.99. The van der Waals surface area contributed by atoms with E-state index in [4.69, 9.17) is 5.73 Å². The molecular weight excluding hydrogens is 644 g/mol. The van der Waals surface area contributed by atoms with Gasteiger partial charge in [0.15, 0.2) is 0 Å². The molecule has 0 aromatic heterocycles. The van der Waals surface area contributed by atoms with Gasteiger partial charge in [0.25, 0.3) is 0 Å². The standard InChI is InChI=1S/C36H48N6O8/c1-3-22(2)31(36(49)50)40-30(44)21-38-32(45)28-11-7-18-42(28)35(48)27(20-23-9-5-4-6-10-23)39-33(46)29-12-8-17-41(29)34(47)26(37)19-24-13-15-25(43)16-14-24/h4-6,9-10,13-16,22,26-29,31,43H,3,7-8,11-12,17-21,37H2,1-2H3,(H,38,45)(H,39,46)(H,40,44)(H,49,50)/t22-,26-,27-,28-,29-,31-/m0/s1. The summed E-state index contributed by atoms with van der Waals surface area (Å²) in [4.78, 5) is 81.6. The summed E-state index contributed by atoms with van der Waals surface area (Å²) in [6.45, 7) is 3.67. The fourth-order valence-corrected chi connectivity index (χ4v) is 6.50. The van der Waals surface area contributed by atoms with E-state index >= 15 is 0 Å². The molecule has 50 heavy (non-hydrogen) atoms. The maximum absolute atomic E-state index is 14.1. The van der Waals surface area contributed by atoms with Gasteiger partial charge in [0.05, 0.1) is 12.6 Å². The van der Waals surface area contributed by atoms with Gasteiger partial charge in [-0.15, -0.1) is 0 Å². The van der Waals surface area contributed by atoms with Gasteiger partial charge in [-0.05, 0) is 61.3 Å². The summed E-state index contributed by atoms with van der Waals surface area (Å²) in [5.41, 5.74) is 7.82. The van der Waals surface area contributed by atoms with Gasteiger partial charge in [0, 0.05) is 19.5 Å². The fraction of sp³-hybridized carbons (Fsp3) is 0.500. The van der Waals surface area contributed by atoms with E-state index in [1.165, 1.54) is 21.9 Å². The van der Waals surface area contributed by atoms with Crippen molar-refractivity contribution in [2.45, 2.75) is 89.0 Å². The van der Waals surface area contributed by atoms with Crippen LogP contribution in [0.25, 0.3) is 0 Å². The Morgan fingerprint density at radius 3 is 2.00 bits per heavy atom. The highest BCUT2D eigenvalue weighted by Gasteiger charge is 2.41. The van der Waals surface area contributed by atoms with Gasteiger partial charge in [0.2, 0.25) is 29.5 Å². The number of hydrogen-bond acceptors (Lipinski definition) is 8. The van der Waals surface area contributed by atoms with Crippen LogP contribution in [0.3, 0.4) is 0 Å². The van der Waals surface area contributed by atoms with Gasteiger partial charge >= 0.3 is 5.97 Å². The first-order valence-corrected chi connectivity index (χ1v) is 17.2. The molecule has 0 unspecified atom stereocenters. The number of carboxylic acids is 1. The molecule has 270 valence electrons. The molecule has 4 rings (SSSR count). The molecule has 5 amide bonds. The molecule has 14 nitrogen and oxygen atoms in total. The van der Waals surface area contributed by atoms with Crippen LogP contribution in [0.5, 0.6) is 5.75 Å². The number of aliphatic carboxylic acids is 1. The van der Waals surface area contributed by atoms with Crippen LogP contribution in [-0.4, -0.2) is 105 Å². The minimum atomic E-state index is -1.17. The molecule has 0 saturated carbocycles. The zero-order chi connectivity index (χ0) is 36.4. The molecule has 2 saturated heterocycles. The van der Waals surface area contributed by atoms with E-state index in [0.29, 0.717) is 38.6 Å². The maximum atomic E-state index is 14.1. The summed E-state index contributed by atoms with van der Waals surface area (Å²) in [6, 6.07) is 10.7. The number of phenolic OH excluding ortho intramolecular Hbond substituents is 1. The van der Waals surface area contributed by atoms with Crippen molar-refractivity contribution in [2.24, 2.45) is 11.7 Å². The number of phenols is 1. The number of likely N-dealkylation sites (tertiary alicyclic amines) is 2. The van der Waals surface area contributed by atoms with Gasteiger partial charge in [-0.2, -0.15) is 0 Å². The first-order valence-electron chi connectivity index (χ1n) is 17.2. The number of rotatable bonds is 15. The molecular formula is C36H48N6O8. The van der Waals surface area contributed by atoms with Crippen LogP contribution in [-0.2, 0) is 41.6 Å².